The number of carbonyl (C=O) groups is 2. The van der Waals surface area contributed by atoms with Gasteiger partial charge in [-0.05, 0) is 59.2 Å². The van der Waals surface area contributed by atoms with Gasteiger partial charge in [0.05, 0.1) is 0 Å². The number of benzene rings is 1. The molecule has 3 N–H and O–H groups in total. The van der Waals surface area contributed by atoms with Gasteiger partial charge in [0.15, 0.2) is 0 Å². The number of nitrogens with two attached hydrogens (primary N) is 1. The first-order valence-corrected chi connectivity index (χ1v) is 8.65. The van der Waals surface area contributed by atoms with E-state index < -0.39 is 23.4 Å². The number of rotatable bonds is 2. The van der Waals surface area contributed by atoms with Crippen LogP contribution in [-0.4, -0.2) is 36.4 Å². The van der Waals surface area contributed by atoms with E-state index in [2.05, 4.69) is 10.3 Å². The van der Waals surface area contributed by atoms with Gasteiger partial charge >= 0.3 is 12.2 Å². The van der Waals surface area contributed by atoms with Gasteiger partial charge in [-0.3, -0.25) is 5.32 Å². The Morgan fingerprint density at radius 2 is 1.56 bits per heavy atom. The summed E-state index contributed by atoms with van der Waals surface area (Å²) < 4.78 is 10.5. The lowest BCUT2D eigenvalue weighted by Gasteiger charge is -2.25. The third-order valence-electron chi connectivity index (χ3n) is 3.08. The average Bonchev–Trinajstić information content (AvgIpc) is 2.50. The minimum Gasteiger partial charge on any atom is -0.444 e. The van der Waals surface area contributed by atoms with Crippen LogP contribution >= 0.6 is 0 Å². The van der Waals surface area contributed by atoms with Crippen LogP contribution in [0.15, 0.2) is 29.3 Å². The molecule has 0 spiro atoms. The molecule has 0 aliphatic rings. The maximum atomic E-state index is 12.2. The number of alkyl carbamates (subject to hydrolysis) is 1. The van der Waals surface area contributed by atoms with Crippen molar-refractivity contribution in [3.63, 3.8) is 0 Å². The Labute approximate surface area is 160 Å². The van der Waals surface area contributed by atoms with Crippen molar-refractivity contribution in [2.75, 3.05) is 11.9 Å². The number of ether oxygens (including phenoxy) is 2. The van der Waals surface area contributed by atoms with Crippen molar-refractivity contribution in [3.8, 4) is 0 Å². The molecule has 0 saturated carbocycles. The Bertz CT molecular complexity index is 685. The highest BCUT2D eigenvalue weighted by Crippen LogP contribution is 2.15. The molecule has 1 rings (SSSR count). The first-order valence-electron chi connectivity index (χ1n) is 8.65. The number of anilines is 1. The fourth-order valence-electron chi connectivity index (χ4n) is 1.93. The summed E-state index contributed by atoms with van der Waals surface area (Å²) in [5.74, 6) is -0.0148. The van der Waals surface area contributed by atoms with Gasteiger partial charge in [-0.2, -0.15) is 0 Å². The van der Waals surface area contributed by atoms with E-state index in [1.165, 1.54) is 0 Å². The Morgan fingerprint density at radius 3 is 2.00 bits per heavy atom. The van der Waals surface area contributed by atoms with Gasteiger partial charge in [0.25, 0.3) is 0 Å². The van der Waals surface area contributed by atoms with Gasteiger partial charge in [-0.1, -0.05) is 12.1 Å². The maximum absolute atomic E-state index is 12.2. The Morgan fingerprint density at radius 1 is 1.04 bits per heavy atom. The highest BCUT2D eigenvalue weighted by Gasteiger charge is 2.22. The zero-order chi connectivity index (χ0) is 20.8. The quantitative estimate of drug-likeness (QED) is 0.603. The van der Waals surface area contributed by atoms with E-state index in [0.29, 0.717) is 12.2 Å². The molecule has 27 heavy (non-hydrogen) atoms. The van der Waals surface area contributed by atoms with Gasteiger partial charge in [0.2, 0.25) is 5.96 Å². The van der Waals surface area contributed by atoms with Crippen molar-refractivity contribution in [2.45, 2.75) is 59.3 Å². The average molecular weight is 378 g/mol. The zero-order valence-electron chi connectivity index (χ0n) is 17.1. The second-order valence-electron chi connectivity index (χ2n) is 7.97. The lowest BCUT2D eigenvalue weighted by Crippen LogP contribution is -2.45. The van der Waals surface area contributed by atoms with Crippen LogP contribution in [-0.2, 0) is 16.0 Å². The zero-order valence-corrected chi connectivity index (χ0v) is 17.1. The maximum Gasteiger partial charge on any atom is 0.437 e. The predicted octanol–water partition coefficient (Wildman–Crippen LogP) is 3.40. The standard InChI is InChI=1S/C19H30N4O4/c1-18(2,3)26-16(24)21-15(22-17(25)27-19(4,5)6)23(7)14-10-8-13(12-20)9-11-14/h8-11H,12,20H2,1-7H3,(H,21,22,24,25). The second-order valence-corrected chi connectivity index (χ2v) is 7.97. The molecule has 0 radical (unpaired) electrons. The normalized spacial score (nSPS) is 12.4. The summed E-state index contributed by atoms with van der Waals surface area (Å²) in [5, 5.41) is 2.51. The number of guanidine groups is 1. The minimum atomic E-state index is -0.820. The summed E-state index contributed by atoms with van der Waals surface area (Å²) in [6.07, 6.45) is -1.55. The van der Waals surface area contributed by atoms with E-state index in [-0.39, 0.29) is 5.96 Å². The molecule has 0 fully saturated rings. The summed E-state index contributed by atoms with van der Waals surface area (Å²) in [7, 11) is 1.66. The molecular weight excluding hydrogens is 348 g/mol. The number of carbonyl (C=O) groups excluding carboxylic acids is 2. The highest BCUT2D eigenvalue weighted by atomic mass is 16.6. The van der Waals surface area contributed by atoms with Crippen LogP contribution in [0.1, 0.15) is 47.1 Å². The number of hydrogen-bond donors (Lipinski definition) is 2. The monoisotopic (exact) mass is 378 g/mol. The highest BCUT2D eigenvalue weighted by molar-refractivity contribution is 6.07. The molecule has 8 heteroatoms. The molecule has 0 atom stereocenters. The molecular formula is C19H30N4O4. The van der Waals surface area contributed by atoms with Crippen LogP contribution < -0.4 is 16.0 Å². The number of nitrogens with one attached hydrogen (secondary N) is 1. The fraction of sp³-hybridized carbons (Fsp3) is 0.526. The van der Waals surface area contributed by atoms with E-state index in [1.54, 1.807) is 53.5 Å². The molecule has 0 aromatic heterocycles. The Hall–Kier alpha value is -2.61. The Kier molecular flexibility index (Phi) is 7.36. The van der Waals surface area contributed by atoms with E-state index in [4.69, 9.17) is 15.2 Å². The van der Waals surface area contributed by atoms with Crippen molar-refractivity contribution >= 4 is 23.8 Å². The van der Waals surface area contributed by atoms with Gasteiger partial charge < -0.3 is 20.1 Å². The van der Waals surface area contributed by atoms with Crippen LogP contribution in [0.3, 0.4) is 0 Å². The van der Waals surface area contributed by atoms with Crippen LogP contribution in [0.25, 0.3) is 0 Å². The van der Waals surface area contributed by atoms with Crippen molar-refractivity contribution < 1.29 is 19.1 Å². The summed E-state index contributed by atoms with van der Waals surface area (Å²) in [6, 6.07) is 7.32. The van der Waals surface area contributed by atoms with E-state index in [0.717, 1.165) is 5.56 Å². The molecule has 150 valence electrons. The molecule has 0 bridgehead atoms. The number of hydrogen-bond acceptors (Lipinski definition) is 5. The van der Waals surface area contributed by atoms with Crippen LogP contribution in [0.4, 0.5) is 15.3 Å². The molecule has 2 amide bonds. The van der Waals surface area contributed by atoms with Crippen LogP contribution in [0.5, 0.6) is 0 Å². The number of aliphatic imine (C=N–C) groups is 1. The van der Waals surface area contributed by atoms with E-state index in [1.807, 2.05) is 24.3 Å². The second kappa shape index (κ2) is 8.85. The molecule has 0 aliphatic heterocycles. The number of amides is 2. The van der Waals surface area contributed by atoms with E-state index >= 15 is 0 Å². The predicted molar refractivity (Wildman–Crippen MR) is 106 cm³/mol. The van der Waals surface area contributed by atoms with Gasteiger partial charge in [0.1, 0.15) is 11.2 Å². The molecule has 8 nitrogen and oxygen atoms in total. The summed E-state index contributed by atoms with van der Waals surface area (Å²) in [5.41, 5.74) is 5.87. The largest absolute Gasteiger partial charge is 0.444 e. The summed E-state index contributed by atoms with van der Waals surface area (Å²) in [6.45, 7) is 10.8. The first-order chi connectivity index (χ1) is 12.3. The molecule has 1 aromatic rings. The van der Waals surface area contributed by atoms with Gasteiger partial charge in [-0.25, -0.2) is 9.59 Å². The Balaban J connectivity index is 3.11. The topological polar surface area (TPSA) is 106 Å². The first kappa shape index (κ1) is 22.4. The molecule has 1 aromatic carbocycles. The smallest absolute Gasteiger partial charge is 0.437 e. The summed E-state index contributed by atoms with van der Waals surface area (Å²) in [4.78, 5) is 29.7. The van der Waals surface area contributed by atoms with Crippen LogP contribution in [0.2, 0.25) is 0 Å². The lowest BCUT2D eigenvalue weighted by molar-refractivity contribution is 0.0561. The molecule has 0 saturated heterocycles. The van der Waals surface area contributed by atoms with Crippen molar-refractivity contribution in [1.29, 1.82) is 0 Å². The summed E-state index contributed by atoms with van der Waals surface area (Å²) >= 11 is 0. The third kappa shape index (κ3) is 8.54. The van der Waals surface area contributed by atoms with Crippen LogP contribution in [0, 0.1) is 0 Å². The minimum absolute atomic E-state index is 0.0148. The molecule has 0 unspecified atom stereocenters. The van der Waals surface area contributed by atoms with Crippen molar-refractivity contribution in [2.24, 2.45) is 10.7 Å². The SMILES string of the molecule is CN(C(=NC(=O)OC(C)(C)C)NC(=O)OC(C)(C)C)c1ccc(CN)cc1. The third-order valence-corrected chi connectivity index (χ3v) is 3.08. The lowest BCUT2D eigenvalue weighted by atomic mass is 10.2. The van der Waals surface area contributed by atoms with Crippen molar-refractivity contribution in [1.82, 2.24) is 5.32 Å². The molecule has 0 heterocycles. The number of nitrogens with zero attached hydrogens (tertiary/aromatic N) is 2. The molecule has 0 aliphatic carbocycles. The van der Waals surface area contributed by atoms with Gasteiger partial charge in [0, 0.05) is 19.3 Å². The van der Waals surface area contributed by atoms with Crippen molar-refractivity contribution in [3.05, 3.63) is 29.8 Å². The fourth-order valence-corrected chi connectivity index (χ4v) is 1.93. The van der Waals surface area contributed by atoms with Gasteiger partial charge in [-0.15, -0.1) is 4.99 Å². The van der Waals surface area contributed by atoms with E-state index in [9.17, 15) is 9.59 Å².